The number of carbonyl (C=O) groups excluding carboxylic acids is 1. The third-order valence-corrected chi connectivity index (χ3v) is 5.82. The largest absolute Gasteiger partial charge is 0.383 e. The number of benzene rings is 1. The van der Waals surface area contributed by atoms with Crippen LogP contribution >= 0.6 is 0 Å². The van der Waals surface area contributed by atoms with Crippen molar-refractivity contribution >= 4 is 5.91 Å². The number of methoxy groups -OCH3 is 1. The van der Waals surface area contributed by atoms with Crippen molar-refractivity contribution in [3.05, 3.63) is 35.6 Å². The molecule has 4 nitrogen and oxygen atoms in total. The summed E-state index contributed by atoms with van der Waals surface area (Å²) in [4.78, 5) is 15.4. The van der Waals surface area contributed by atoms with Gasteiger partial charge < -0.3 is 15.0 Å². The molecular formula is C20H29FN2O2. The van der Waals surface area contributed by atoms with Crippen molar-refractivity contribution in [1.29, 1.82) is 0 Å². The highest BCUT2D eigenvalue weighted by molar-refractivity contribution is 5.88. The Labute approximate surface area is 149 Å². The molecule has 1 saturated heterocycles. The van der Waals surface area contributed by atoms with Crippen LogP contribution in [0.2, 0.25) is 0 Å². The van der Waals surface area contributed by atoms with Gasteiger partial charge in [0.05, 0.1) is 12.0 Å². The van der Waals surface area contributed by atoms with Crippen molar-refractivity contribution in [3.8, 4) is 0 Å². The first-order valence-corrected chi connectivity index (χ1v) is 9.40. The molecule has 1 aromatic rings. The molecule has 1 atom stereocenters. The van der Waals surface area contributed by atoms with Gasteiger partial charge in [0, 0.05) is 26.7 Å². The molecule has 0 spiro atoms. The van der Waals surface area contributed by atoms with Crippen LogP contribution in [0, 0.1) is 11.7 Å². The van der Waals surface area contributed by atoms with Crippen LogP contribution in [-0.2, 0) is 14.9 Å². The smallest absolute Gasteiger partial charge is 0.230 e. The zero-order valence-corrected chi connectivity index (χ0v) is 15.1. The van der Waals surface area contributed by atoms with Gasteiger partial charge in [0.2, 0.25) is 5.91 Å². The number of halogens is 1. The van der Waals surface area contributed by atoms with Crippen LogP contribution in [-0.4, -0.2) is 50.7 Å². The highest BCUT2D eigenvalue weighted by Gasteiger charge is 2.42. The van der Waals surface area contributed by atoms with Crippen LogP contribution in [0.4, 0.5) is 4.39 Å². The lowest BCUT2D eigenvalue weighted by molar-refractivity contribution is -0.126. The minimum Gasteiger partial charge on any atom is -0.383 e. The van der Waals surface area contributed by atoms with E-state index in [-0.39, 0.29) is 11.7 Å². The predicted octanol–water partition coefficient (Wildman–Crippen LogP) is 2.72. The van der Waals surface area contributed by atoms with Crippen LogP contribution in [0.5, 0.6) is 0 Å². The molecule has 0 aromatic heterocycles. The second kappa shape index (κ2) is 8.28. The number of carbonyl (C=O) groups is 1. The minimum atomic E-state index is -0.470. The summed E-state index contributed by atoms with van der Waals surface area (Å²) in [5, 5.41) is 3.21. The van der Waals surface area contributed by atoms with Crippen LogP contribution in [0.15, 0.2) is 24.3 Å². The number of nitrogens with zero attached hydrogens (tertiary/aromatic N) is 1. The third-order valence-electron chi connectivity index (χ3n) is 5.82. The predicted molar refractivity (Wildman–Crippen MR) is 96.0 cm³/mol. The molecule has 1 saturated carbocycles. The van der Waals surface area contributed by atoms with Crippen molar-refractivity contribution < 1.29 is 13.9 Å². The molecule has 138 valence electrons. The molecule has 3 rings (SSSR count). The first-order chi connectivity index (χ1) is 12.1. The van der Waals surface area contributed by atoms with Gasteiger partial charge in [0.25, 0.3) is 0 Å². The van der Waals surface area contributed by atoms with Gasteiger partial charge in [-0.2, -0.15) is 0 Å². The normalized spacial score (nSPS) is 23.0. The summed E-state index contributed by atoms with van der Waals surface area (Å²) < 4.78 is 18.4. The Balaban J connectivity index is 1.58. The number of nitrogens with one attached hydrogen (secondary N) is 1. The Hall–Kier alpha value is -1.46. The Morgan fingerprint density at radius 2 is 2.04 bits per heavy atom. The van der Waals surface area contributed by atoms with E-state index in [1.54, 1.807) is 19.2 Å². The summed E-state index contributed by atoms with van der Waals surface area (Å²) in [6.07, 6.45) is 4.94. The molecule has 2 fully saturated rings. The van der Waals surface area contributed by atoms with Gasteiger partial charge in [-0.1, -0.05) is 25.0 Å². The molecule has 1 aromatic carbocycles. The summed E-state index contributed by atoms with van der Waals surface area (Å²) in [5.41, 5.74) is 0.485. The van der Waals surface area contributed by atoms with Crippen molar-refractivity contribution in [3.63, 3.8) is 0 Å². The topological polar surface area (TPSA) is 41.6 Å². The number of hydrogen-bond donors (Lipinski definition) is 1. The molecule has 1 aliphatic heterocycles. The van der Waals surface area contributed by atoms with Crippen LogP contribution < -0.4 is 5.32 Å². The van der Waals surface area contributed by atoms with Gasteiger partial charge in [-0.25, -0.2) is 4.39 Å². The van der Waals surface area contributed by atoms with Crippen molar-refractivity contribution in [2.24, 2.45) is 5.92 Å². The Bertz CT molecular complexity index is 570. The standard InChI is InChI=1S/C20H29FN2O2/c1-25-13-12-23-11-8-16(15-23)14-22-19(24)20(9-2-3-10-20)17-4-6-18(21)7-5-17/h4-7,16H,2-3,8-15H2,1H3,(H,22,24)/t16-/m1/s1. The Morgan fingerprint density at radius 3 is 2.72 bits per heavy atom. The first kappa shape index (κ1) is 18.3. The fourth-order valence-electron chi connectivity index (χ4n) is 4.30. The van der Waals surface area contributed by atoms with E-state index in [4.69, 9.17) is 4.74 Å². The molecule has 0 bridgehead atoms. The average molecular weight is 348 g/mol. The van der Waals surface area contributed by atoms with Gasteiger partial charge in [-0.05, 0) is 49.4 Å². The Morgan fingerprint density at radius 1 is 1.32 bits per heavy atom. The quantitative estimate of drug-likeness (QED) is 0.824. The lowest BCUT2D eigenvalue weighted by Crippen LogP contribution is -2.44. The van der Waals surface area contributed by atoms with Gasteiger partial charge in [-0.3, -0.25) is 4.79 Å². The Kier molecular flexibility index (Phi) is 6.07. The highest BCUT2D eigenvalue weighted by Crippen LogP contribution is 2.41. The number of rotatable bonds is 7. The summed E-state index contributed by atoms with van der Waals surface area (Å²) >= 11 is 0. The van der Waals surface area contributed by atoms with E-state index >= 15 is 0 Å². The maximum absolute atomic E-state index is 13.3. The van der Waals surface area contributed by atoms with Gasteiger partial charge in [-0.15, -0.1) is 0 Å². The van der Waals surface area contributed by atoms with E-state index in [1.165, 1.54) is 12.1 Å². The number of likely N-dealkylation sites (tertiary alicyclic amines) is 1. The van der Waals surface area contributed by atoms with E-state index in [1.807, 2.05) is 0 Å². The molecule has 1 heterocycles. The van der Waals surface area contributed by atoms with Crippen molar-refractivity contribution in [1.82, 2.24) is 10.2 Å². The van der Waals surface area contributed by atoms with Gasteiger partial charge in [0.15, 0.2) is 0 Å². The van der Waals surface area contributed by atoms with Crippen LogP contribution in [0.3, 0.4) is 0 Å². The SMILES string of the molecule is COCCN1CC[C@H](CNC(=O)C2(c3ccc(F)cc3)CCCC2)C1. The third kappa shape index (κ3) is 4.21. The highest BCUT2D eigenvalue weighted by atomic mass is 19.1. The number of amides is 1. The maximum atomic E-state index is 13.3. The fraction of sp³-hybridized carbons (Fsp3) is 0.650. The molecule has 0 unspecified atom stereocenters. The average Bonchev–Trinajstić information content (AvgIpc) is 3.29. The van der Waals surface area contributed by atoms with Crippen molar-refractivity contribution in [2.45, 2.75) is 37.5 Å². The summed E-state index contributed by atoms with van der Waals surface area (Å²) in [6.45, 7) is 4.54. The molecule has 1 amide bonds. The number of ether oxygens (including phenoxy) is 1. The molecule has 2 aliphatic rings. The van der Waals surface area contributed by atoms with E-state index in [9.17, 15) is 9.18 Å². The first-order valence-electron chi connectivity index (χ1n) is 9.40. The molecular weight excluding hydrogens is 319 g/mol. The number of hydrogen-bond acceptors (Lipinski definition) is 3. The van der Waals surface area contributed by atoms with Gasteiger partial charge in [0.1, 0.15) is 5.82 Å². The maximum Gasteiger partial charge on any atom is 0.230 e. The fourth-order valence-corrected chi connectivity index (χ4v) is 4.30. The summed E-state index contributed by atoms with van der Waals surface area (Å²) in [5.74, 6) is 0.374. The van der Waals surface area contributed by atoms with E-state index in [0.717, 1.165) is 70.5 Å². The van der Waals surface area contributed by atoms with E-state index < -0.39 is 5.41 Å². The molecule has 1 aliphatic carbocycles. The lowest BCUT2D eigenvalue weighted by Gasteiger charge is -2.29. The molecule has 5 heteroatoms. The summed E-state index contributed by atoms with van der Waals surface area (Å²) in [7, 11) is 1.73. The van der Waals surface area contributed by atoms with Crippen LogP contribution in [0.25, 0.3) is 0 Å². The van der Waals surface area contributed by atoms with E-state index in [0.29, 0.717) is 5.92 Å². The van der Waals surface area contributed by atoms with Gasteiger partial charge >= 0.3 is 0 Å². The van der Waals surface area contributed by atoms with Crippen LogP contribution in [0.1, 0.15) is 37.7 Å². The molecule has 0 radical (unpaired) electrons. The second-order valence-corrected chi connectivity index (χ2v) is 7.45. The summed E-state index contributed by atoms with van der Waals surface area (Å²) in [6, 6.07) is 6.49. The molecule has 1 N–H and O–H groups in total. The lowest BCUT2D eigenvalue weighted by atomic mass is 9.78. The van der Waals surface area contributed by atoms with E-state index in [2.05, 4.69) is 10.2 Å². The monoisotopic (exact) mass is 348 g/mol. The van der Waals surface area contributed by atoms with Crippen molar-refractivity contribution in [2.75, 3.05) is 39.9 Å². The zero-order valence-electron chi connectivity index (χ0n) is 15.1. The zero-order chi connectivity index (χ0) is 17.7. The molecule has 25 heavy (non-hydrogen) atoms. The minimum absolute atomic E-state index is 0.118. The second-order valence-electron chi connectivity index (χ2n) is 7.45.